The van der Waals surface area contributed by atoms with Crippen LogP contribution in [0.2, 0.25) is 5.02 Å². The predicted octanol–water partition coefficient (Wildman–Crippen LogP) is 2.87. The summed E-state index contributed by atoms with van der Waals surface area (Å²) in [5.74, 6) is -0.0180. The molecule has 0 radical (unpaired) electrons. The zero-order valence-electron chi connectivity index (χ0n) is 10.9. The number of nitrogens with two attached hydrogens (primary N) is 1. The van der Waals surface area contributed by atoms with Crippen LogP contribution < -0.4 is 5.73 Å². The molecular formula is C14H17ClN2OS. The Kier molecular flexibility index (Phi) is 4.11. The standard InChI is InChI=1S/C14H17ClN2OS/c1-14(13(16)19)6-8-17(9-7-14)12(18)10-4-2-3-5-11(10)15/h2-5H,6-9H2,1H3,(H2,16,19). The second-order valence-corrected chi connectivity index (χ2v) is 6.04. The van der Waals surface area contributed by atoms with Crippen molar-refractivity contribution in [3.63, 3.8) is 0 Å². The van der Waals surface area contributed by atoms with Gasteiger partial charge in [-0.1, -0.05) is 42.9 Å². The number of hydrogen-bond acceptors (Lipinski definition) is 2. The van der Waals surface area contributed by atoms with Crippen molar-refractivity contribution >= 4 is 34.7 Å². The van der Waals surface area contributed by atoms with E-state index in [4.69, 9.17) is 29.6 Å². The number of piperidine rings is 1. The minimum absolute atomic E-state index is 0.0180. The van der Waals surface area contributed by atoms with E-state index in [1.54, 1.807) is 12.1 Å². The Bertz CT molecular complexity index is 510. The second-order valence-electron chi connectivity index (χ2n) is 5.20. The molecule has 1 saturated heterocycles. The summed E-state index contributed by atoms with van der Waals surface area (Å²) in [7, 11) is 0. The number of carbonyl (C=O) groups is 1. The van der Waals surface area contributed by atoms with Crippen LogP contribution in [0.15, 0.2) is 24.3 Å². The maximum absolute atomic E-state index is 12.4. The Morgan fingerprint density at radius 1 is 1.37 bits per heavy atom. The van der Waals surface area contributed by atoms with Crippen LogP contribution in [0, 0.1) is 5.41 Å². The molecule has 0 aliphatic carbocycles. The van der Waals surface area contributed by atoms with Crippen molar-refractivity contribution in [1.29, 1.82) is 0 Å². The number of hydrogen-bond donors (Lipinski definition) is 1. The molecule has 1 heterocycles. The molecule has 5 heteroatoms. The topological polar surface area (TPSA) is 46.3 Å². The molecule has 1 aliphatic rings. The fraction of sp³-hybridized carbons (Fsp3) is 0.429. The lowest BCUT2D eigenvalue weighted by molar-refractivity contribution is 0.0670. The summed E-state index contributed by atoms with van der Waals surface area (Å²) in [5.41, 5.74) is 6.19. The van der Waals surface area contributed by atoms with Gasteiger partial charge in [-0.3, -0.25) is 4.79 Å². The van der Waals surface area contributed by atoms with Gasteiger partial charge < -0.3 is 10.6 Å². The molecule has 19 heavy (non-hydrogen) atoms. The van der Waals surface area contributed by atoms with Crippen molar-refractivity contribution in [2.75, 3.05) is 13.1 Å². The summed E-state index contributed by atoms with van der Waals surface area (Å²) >= 11 is 11.2. The minimum atomic E-state index is -0.132. The van der Waals surface area contributed by atoms with Gasteiger partial charge in [0.2, 0.25) is 0 Å². The summed E-state index contributed by atoms with van der Waals surface area (Å²) < 4.78 is 0. The van der Waals surface area contributed by atoms with Crippen molar-refractivity contribution in [3.8, 4) is 0 Å². The third-order valence-electron chi connectivity index (χ3n) is 3.85. The van der Waals surface area contributed by atoms with Crippen LogP contribution in [-0.2, 0) is 0 Å². The van der Waals surface area contributed by atoms with Gasteiger partial charge in [0.15, 0.2) is 0 Å². The van der Waals surface area contributed by atoms with Crippen LogP contribution in [0.1, 0.15) is 30.1 Å². The molecule has 0 bridgehead atoms. The second kappa shape index (κ2) is 5.47. The predicted molar refractivity (Wildman–Crippen MR) is 81.5 cm³/mol. The third-order valence-corrected chi connectivity index (χ3v) is 4.68. The van der Waals surface area contributed by atoms with E-state index in [1.165, 1.54) is 0 Å². The normalized spacial score (nSPS) is 18.1. The van der Waals surface area contributed by atoms with Crippen molar-refractivity contribution in [2.24, 2.45) is 11.1 Å². The molecule has 0 spiro atoms. The number of amides is 1. The van der Waals surface area contributed by atoms with Gasteiger partial charge in [-0.2, -0.15) is 0 Å². The van der Waals surface area contributed by atoms with Gasteiger partial charge in [0.25, 0.3) is 5.91 Å². The van der Waals surface area contributed by atoms with E-state index in [-0.39, 0.29) is 11.3 Å². The first kappa shape index (κ1) is 14.3. The maximum atomic E-state index is 12.4. The number of nitrogens with zero attached hydrogens (tertiary/aromatic N) is 1. The van der Waals surface area contributed by atoms with E-state index in [1.807, 2.05) is 17.0 Å². The SMILES string of the molecule is CC1(C(N)=S)CCN(C(=O)c2ccccc2Cl)CC1. The number of benzene rings is 1. The van der Waals surface area contributed by atoms with E-state index in [9.17, 15) is 4.79 Å². The van der Waals surface area contributed by atoms with Gasteiger partial charge >= 0.3 is 0 Å². The van der Waals surface area contributed by atoms with Crippen LogP contribution in [0.25, 0.3) is 0 Å². The maximum Gasteiger partial charge on any atom is 0.255 e. The Morgan fingerprint density at radius 2 is 1.95 bits per heavy atom. The highest BCUT2D eigenvalue weighted by Gasteiger charge is 2.34. The molecule has 0 saturated carbocycles. The van der Waals surface area contributed by atoms with Crippen LogP contribution in [0.4, 0.5) is 0 Å². The highest BCUT2D eigenvalue weighted by atomic mass is 35.5. The molecular weight excluding hydrogens is 280 g/mol. The Hall–Kier alpha value is -1.13. The number of carbonyl (C=O) groups excluding carboxylic acids is 1. The molecule has 1 aromatic rings. The van der Waals surface area contributed by atoms with Crippen molar-refractivity contribution in [2.45, 2.75) is 19.8 Å². The quantitative estimate of drug-likeness (QED) is 0.854. The van der Waals surface area contributed by atoms with Crippen LogP contribution >= 0.6 is 23.8 Å². The summed E-state index contributed by atoms with van der Waals surface area (Å²) in [6, 6.07) is 7.13. The van der Waals surface area contributed by atoms with Gasteiger partial charge in [-0.25, -0.2) is 0 Å². The average molecular weight is 297 g/mol. The molecule has 1 fully saturated rings. The fourth-order valence-corrected chi connectivity index (χ4v) is 2.68. The molecule has 1 amide bonds. The lowest BCUT2D eigenvalue weighted by atomic mass is 9.80. The minimum Gasteiger partial charge on any atom is -0.393 e. The highest BCUT2D eigenvalue weighted by Crippen LogP contribution is 2.32. The first-order chi connectivity index (χ1) is 8.94. The van der Waals surface area contributed by atoms with Crippen molar-refractivity contribution in [1.82, 2.24) is 4.90 Å². The Morgan fingerprint density at radius 3 is 2.47 bits per heavy atom. The first-order valence-electron chi connectivity index (χ1n) is 6.28. The van der Waals surface area contributed by atoms with Gasteiger partial charge in [-0.05, 0) is 25.0 Å². The Balaban J connectivity index is 2.08. The summed E-state index contributed by atoms with van der Waals surface area (Å²) in [4.78, 5) is 14.7. The van der Waals surface area contributed by atoms with Crippen LogP contribution in [0.3, 0.4) is 0 Å². The number of halogens is 1. The molecule has 2 N–H and O–H groups in total. The largest absolute Gasteiger partial charge is 0.393 e. The summed E-state index contributed by atoms with van der Waals surface area (Å²) in [5, 5.41) is 0.496. The molecule has 3 nitrogen and oxygen atoms in total. The summed E-state index contributed by atoms with van der Waals surface area (Å²) in [6.45, 7) is 3.39. The molecule has 2 rings (SSSR count). The smallest absolute Gasteiger partial charge is 0.255 e. The van der Waals surface area contributed by atoms with E-state index in [0.29, 0.717) is 28.7 Å². The Labute approximate surface area is 123 Å². The van der Waals surface area contributed by atoms with Gasteiger partial charge in [-0.15, -0.1) is 0 Å². The van der Waals surface area contributed by atoms with E-state index in [0.717, 1.165) is 12.8 Å². The number of likely N-dealkylation sites (tertiary alicyclic amines) is 1. The molecule has 102 valence electrons. The van der Waals surface area contributed by atoms with Gasteiger partial charge in [0.05, 0.1) is 15.6 Å². The monoisotopic (exact) mass is 296 g/mol. The van der Waals surface area contributed by atoms with E-state index < -0.39 is 0 Å². The third kappa shape index (κ3) is 2.90. The lowest BCUT2D eigenvalue weighted by Gasteiger charge is -2.38. The molecule has 0 unspecified atom stereocenters. The molecule has 1 aromatic carbocycles. The zero-order valence-corrected chi connectivity index (χ0v) is 12.4. The average Bonchev–Trinajstić information content (AvgIpc) is 2.39. The molecule has 1 aliphatic heterocycles. The van der Waals surface area contributed by atoms with Crippen molar-refractivity contribution in [3.05, 3.63) is 34.9 Å². The van der Waals surface area contributed by atoms with Crippen LogP contribution in [-0.4, -0.2) is 28.9 Å². The first-order valence-corrected chi connectivity index (χ1v) is 7.06. The lowest BCUT2D eigenvalue weighted by Crippen LogP contribution is -2.46. The zero-order chi connectivity index (χ0) is 14.0. The van der Waals surface area contributed by atoms with Gasteiger partial charge in [0, 0.05) is 18.5 Å². The molecule has 0 atom stereocenters. The van der Waals surface area contributed by atoms with E-state index >= 15 is 0 Å². The van der Waals surface area contributed by atoms with Crippen molar-refractivity contribution < 1.29 is 4.79 Å². The number of rotatable bonds is 2. The van der Waals surface area contributed by atoms with Crippen LogP contribution in [0.5, 0.6) is 0 Å². The van der Waals surface area contributed by atoms with Gasteiger partial charge in [0.1, 0.15) is 0 Å². The summed E-state index contributed by atoms with van der Waals surface area (Å²) in [6.07, 6.45) is 1.61. The number of thiocarbonyl (C=S) groups is 1. The fourth-order valence-electron chi connectivity index (χ4n) is 2.25. The highest BCUT2D eigenvalue weighted by molar-refractivity contribution is 7.80. The van der Waals surface area contributed by atoms with E-state index in [2.05, 4.69) is 6.92 Å². The molecule has 0 aromatic heterocycles.